The van der Waals surface area contributed by atoms with Gasteiger partial charge in [0, 0.05) is 35.1 Å². The molecule has 0 aromatic heterocycles. The molecule has 0 aliphatic carbocycles. The van der Waals surface area contributed by atoms with E-state index in [0.717, 1.165) is 0 Å². The van der Waals surface area contributed by atoms with Crippen molar-refractivity contribution < 1.29 is 28.0 Å². The van der Waals surface area contributed by atoms with Crippen molar-refractivity contribution in [1.82, 2.24) is 15.5 Å². The Balaban J connectivity index is 1.50. The zero-order valence-electron chi connectivity index (χ0n) is 19.4. The molecule has 4 rings (SSSR count). The van der Waals surface area contributed by atoms with Crippen LogP contribution in [0.5, 0.6) is 0 Å². The van der Waals surface area contributed by atoms with Crippen LogP contribution >= 0.6 is 11.6 Å². The summed E-state index contributed by atoms with van der Waals surface area (Å²) < 4.78 is 29.9. The van der Waals surface area contributed by atoms with Gasteiger partial charge in [0.2, 0.25) is 11.8 Å². The van der Waals surface area contributed by atoms with Crippen molar-refractivity contribution in [2.24, 2.45) is 0 Å². The van der Waals surface area contributed by atoms with Crippen molar-refractivity contribution in [3.05, 3.63) is 57.6 Å². The van der Waals surface area contributed by atoms with Crippen LogP contribution in [0.15, 0.2) is 30.3 Å². The van der Waals surface area contributed by atoms with Gasteiger partial charge in [0.1, 0.15) is 29.6 Å². The lowest BCUT2D eigenvalue weighted by Gasteiger charge is -2.29. The van der Waals surface area contributed by atoms with Crippen LogP contribution in [0.1, 0.15) is 45.8 Å². The summed E-state index contributed by atoms with van der Waals surface area (Å²) in [5, 5.41) is 4.97. The number of carbonyl (C=O) groups excluding carboxylic acids is 4. The summed E-state index contributed by atoms with van der Waals surface area (Å²) >= 11 is 6.06. The average molecular weight is 497 g/mol. The molecular weight excluding hydrogens is 476 g/mol. The van der Waals surface area contributed by atoms with E-state index in [1.807, 2.05) is 0 Å². The van der Waals surface area contributed by atoms with E-state index in [9.17, 15) is 28.0 Å². The van der Waals surface area contributed by atoms with Gasteiger partial charge in [0.25, 0.3) is 11.8 Å². The highest BCUT2D eigenvalue weighted by molar-refractivity contribution is 6.52. The first-order valence-electron chi connectivity index (χ1n) is 11.1. The third-order valence-electron chi connectivity index (χ3n) is 6.48. The minimum Gasteiger partial charge on any atom is -0.352 e. The van der Waals surface area contributed by atoms with Crippen LogP contribution in [0, 0.1) is 0 Å². The van der Waals surface area contributed by atoms with Gasteiger partial charge in [-0.05, 0) is 23.6 Å². The van der Waals surface area contributed by atoms with Crippen LogP contribution in [0.4, 0.5) is 8.78 Å². The summed E-state index contributed by atoms with van der Waals surface area (Å²) in [5.41, 5.74) is 2.01. The summed E-state index contributed by atoms with van der Waals surface area (Å²) in [7, 11) is 4.77. The number of amides is 4. The van der Waals surface area contributed by atoms with E-state index >= 15 is 0 Å². The van der Waals surface area contributed by atoms with Crippen LogP contribution < -0.4 is 21.6 Å². The molecule has 0 radical (unpaired) electrons. The fourth-order valence-corrected chi connectivity index (χ4v) is 4.60. The molecule has 2 heterocycles. The van der Waals surface area contributed by atoms with E-state index in [4.69, 9.17) is 11.6 Å². The number of rotatable bonds is 5. The normalized spacial score (nSPS) is 18.8. The smallest absolute Gasteiger partial charge is 0.349 e. The number of halogens is 3. The van der Waals surface area contributed by atoms with Crippen LogP contribution in [0.2, 0.25) is 5.02 Å². The summed E-state index contributed by atoms with van der Waals surface area (Å²) in [6.07, 6.45) is 0.383. The third kappa shape index (κ3) is 4.59. The summed E-state index contributed by atoms with van der Waals surface area (Å²) in [6.45, 7) is 0.147. The first-order chi connectivity index (χ1) is 16.4. The minimum absolute atomic E-state index is 0.145. The Kier molecular flexibility index (Phi) is 6.53. The molecule has 1 fully saturated rings. The SMILES string of the molecule is Bc1cc(C(F)(F)C(=O)NC(B)c2ccc3c(c2)CN(C2CCC(=O)NC2=O)C3=O)cc(B)c1Cl. The number of nitrogens with one attached hydrogen (secondary N) is 2. The van der Waals surface area contributed by atoms with E-state index < -0.39 is 35.3 Å². The molecule has 7 nitrogen and oxygen atoms in total. The number of nitrogens with zero attached hydrogens (tertiary/aromatic N) is 1. The van der Waals surface area contributed by atoms with Crippen molar-refractivity contribution in [3.8, 4) is 0 Å². The highest BCUT2D eigenvalue weighted by Gasteiger charge is 2.42. The zero-order chi connectivity index (χ0) is 25.7. The standard InChI is InChI=1S/C22H21B3ClF2N3O4/c23-13-6-11(7-14(24)17(13)26)22(27,28)21(35)30-18(25)9-1-2-12-10(5-9)8-31(20(12)34)15-3-4-16(32)29-19(15)33/h1-2,5-7,15,18H,3-4,8,23-25H2,(H,30,35)(H,29,32,33). The van der Waals surface area contributed by atoms with Crippen LogP contribution in [0.3, 0.4) is 0 Å². The Morgan fingerprint density at radius 2 is 1.83 bits per heavy atom. The lowest BCUT2D eigenvalue weighted by molar-refractivity contribution is -0.147. The largest absolute Gasteiger partial charge is 0.352 e. The molecule has 1 saturated heterocycles. The fraction of sp³-hybridized carbons (Fsp3) is 0.273. The first kappa shape index (κ1) is 25.0. The fourth-order valence-electron chi connectivity index (χ4n) is 4.49. The Labute approximate surface area is 208 Å². The van der Waals surface area contributed by atoms with Crippen molar-refractivity contribution in [1.29, 1.82) is 0 Å². The number of piperidine rings is 1. The monoisotopic (exact) mass is 497 g/mol. The van der Waals surface area contributed by atoms with Crippen molar-refractivity contribution in [2.75, 3.05) is 0 Å². The number of alkyl halides is 2. The lowest BCUT2D eigenvalue weighted by atomic mass is 9.83. The zero-order valence-corrected chi connectivity index (χ0v) is 20.1. The predicted octanol–water partition coefficient (Wildman–Crippen LogP) is -1.84. The number of imide groups is 1. The Bertz CT molecular complexity index is 1250. The highest BCUT2D eigenvalue weighted by atomic mass is 35.5. The van der Waals surface area contributed by atoms with Gasteiger partial charge in [-0.15, -0.1) is 0 Å². The van der Waals surface area contributed by atoms with Gasteiger partial charge in [-0.2, -0.15) is 8.78 Å². The Morgan fingerprint density at radius 3 is 2.46 bits per heavy atom. The molecule has 2 aliphatic rings. The maximum Gasteiger partial charge on any atom is 0.349 e. The molecule has 2 aromatic rings. The number of hydrogen-bond acceptors (Lipinski definition) is 4. The number of hydrogen-bond donors (Lipinski definition) is 2. The van der Waals surface area contributed by atoms with E-state index in [1.165, 1.54) is 17.0 Å². The number of carbonyl (C=O) groups is 4. The third-order valence-corrected chi connectivity index (χ3v) is 7.08. The molecule has 4 amide bonds. The summed E-state index contributed by atoms with van der Waals surface area (Å²) in [5.74, 6) is -7.22. The van der Waals surface area contributed by atoms with Gasteiger partial charge in [-0.3, -0.25) is 24.5 Å². The van der Waals surface area contributed by atoms with E-state index in [1.54, 1.807) is 41.7 Å². The molecule has 35 heavy (non-hydrogen) atoms. The van der Waals surface area contributed by atoms with Gasteiger partial charge >= 0.3 is 5.92 Å². The Morgan fingerprint density at radius 1 is 1.17 bits per heavy atom. The second-order valence-corrected chi connectivity index (χ2v) is 9.39. The maximum atomic E-state index is 14.9. The molecule has 0 bridgehead atoms. The summed E-state index contributed by atoms with van der Waals surface area (Å²) in [4.78, 5) is 50.4. The summed E-state index contributed by atoms with van der Waals surface area (Å²) in [6, 6.07) is 6.46. The molecule has 13 heteroatoms. The molecule has 0 saturated carbocycles. The molecule has 0 spiro atoms. The molecule has 2 unspecified atom stereocenters. The van der Waals surface area contributed by atoms with Crippen molar-refractivity contribution in [2.45, 2.75) is 37.3 Å². The van der Waals surface area contributed by atoms with Crippen LogP contribution in [-0.4, -0.2) is 58.1 Å². The second-order valence-electron chi connectivity index (χ2n) is 9.01. The second kappa shape index (κ2) is 9.15. The lowest BCUT2D eigenvalue weighted by Crippen LogP contribution is -2.52. The van der Waals surface area contributed by atoms with Gasteiger partial charge in [0.15, 0.2) is 0 Å². The van der Waals surface area contributed by atoms with Gasteiger partial charge in [-0.25, -0.2) is 0 Å². The van der Waals surface area contributed by atoms with Gasteiger partial charge < -0.3 is 10.2 Å². The predicted molar refractivity (Wildman–Crippen MR) is 134 cm³/mol. The van der Waals surface area contributed by atoms with Crippen molar-refractivity contribution in [3.63, 3.8) is 0 Å². The maximum absolute atomic E-state index is 14.9. The van der Waals surface area contributed by atoms with E-state index in [2.05, 4.69) is 10.6 Å². The van der Waals surface area contributed by atoms with Gasteiger partial charge in [0.05, 0.1) is 0 Å². The molecule has 2 aliphatic heterocycles. The van der Waals surface area contributed by atoms with Crippen molar-refractivity contribution >= 4 is 69.7 Å². The molecule has 178 valence electrons. The minimum atomic E-state index is -3.77. The van der Waals surface area contributed by atoms with Crippen LogP contribution in [-0.2, 0) is 26.9 Å². The molecule has 2 aromatic carbocycles. The molecule has 2 N–H and O–H groups in total. The quantitative estimate of drug-likeness (QED) is 0.375. The molecular formula is C22H21B3ClF2N3O4. The average Bonchev–Trinajstić information content (AvgIpc) is 3.12. The number of benzene rings is 2. The molecule has 2 atom stereocenters. The first-order valence-corrected chi connectivity index (χ1v) is 11.5. The van der Waals surface area contributed by atoms with E-state index in [-0.39, 0.29) is 31.2 Å². The highest BCUT2D eigenvalue weighted by Crippen LogP contribution is 2.31. The van der Waals surface area contributed by atoms with Crippen LogP contribution in [0.25, 0.3) is 0 Å². The topological polar surface area (TPSA) is 95.6 Å². The Hall–Kier alpha value is -3.14. The van der Waals surface area contributed by atoms with E-state index in [0.29, 0.717) is 32.6 Å². The number of fused-ring (bicyclic) bond motifs is 1. The van der Waals surface area contributed by atoms with Gasteiger partial charge in [-0.1, -0.05) is 46.8 Å².